The van der Waals surface area contributed by atoms with Crippen molar-refractivity contribution in [2.45, 2.75) is 37.9 Å². The number of hydrogen-bond acceptors (Lipinski definition) is 2. The quantitative estimate of drug-likeness (QED) is 0.740. The predicted octanol–water partition coefficient (Wildman–Crippen LogP) is 1.67. The number of rotatable bonds is 3. The van der Waals surface area contributed by atoms with E-state index in [-0.39, 0.29) is 5.54 Å². The third-order valence-electron chi connectivity index (χ3n) is 2.55. The number of halogens is 3. The van der Waals surface area contributed by atoms with Crippen LogP contribution in [0.2, 0.25) is 0 Å². The van der Waals surface area contributed by atoms with Gasteiger partial charge >= 0.3 is 6.18 Å². The fourth-order valence-corrected chi connectivity index (χ4v) is 1.75. The van der Waals surface area contributed by atoms with Crippen LogP contribution in [0, 0.1) is 0 Å². The molecule has 0 amide bonds. The fourth-order valence-electron chi connectivity index (χ4n) is 1.75. The summed E-state index contributed by atoms with van der Waals surface area (Å²) in [5.41, 5.74) is -0.163. The van der Waals surface area contributed by atoms with Gasteiger partial charge in [-0.05, 0) is 26.3 Å². The molecule has 1 aliphatic rings. The molecule has 0 saturated carbocycles. The van der Waals surface area contributed by atoms with Crippen LogP contribution in [0.15, 0.2) is 0 Å². The lowest BCUT2D eigenvalue weighted by Crippen LogP contribution is -2.53. The standard InChI is InChI=1S/C9H17F3N2/c1-8(4-2-3-5-14-8)6-13-7-9(10,11)12/h13-14H,2-7H2,1H3. The van der Waals surface area contributed by atoms with Crippen molar-refractivity contribution in [3.05, 3.63) is 0 Å². The smallest absolute Gasteiger partial charge is 0.310 e. The van der Waals surface area contributed by atoms with Crippen LogP contribution >= 0.6 is 0 Å². The summed E-state index contributed by atoms with van der Waals surface area (Å²) in [5, 5.41) is 5.70. The number of nitrogens with one attached hydrogen (secondary N) is 2. The minimum atomic E-state index is -4.11. The van der Waals surface area contributed by atoms with Crippen LogP contribution in [0.3, 0.4) is 0 Å². The zero-order valence-electron chi connectivity index (χ0n) is 8.38. The second-order valence-corrected chi connectivity index (χ2v) is 4.16. The molecule has 0 aromatic rings. The summed E-state index contributed by atoms with van der Waals surface area (Å²) in [7, 11) is 0. The molecular formula is C9H17F3N2. The van der Waals surface area contributed by atoms with Crippen LogP contribution < -0.4 is 10.6 Å². The third-order valence-corrected chi connectivity index (χ3v) is 2.55. The normalized spacial score (nSPS) is 29.1. The Morgan fingerprint density at radius 3 is 2.57 bits per heavy atom. The maximum atomic E-state index is 11.9. The van der Waals surface area contributed by atoms with Gasteiger partial charge in [0.1, 0.15) is 0 Å². The lowest BCUT2D eigenvalue weighted by atomic mass is 9.91. The van der Waals surface area contributed by atoms with E-state index >= 15 is 0 Å². The molecule has 2 N–H and O–H groups in total. The molecule has 1 rings (SSSR count). The number of alkyl halides is 3. The summed E-state index contributed by atoms with van der Waals surface area (Å²) in [6.45, 7) is 2.36. The van der Waals surface area contributed by atoms with Gasteiger partial charge in [0.2, 0.25) is 0 Å². The predicted molar refractivity (Wildman–Crippen MR) is 49.2 cm³/mol. The molecule has 0 aromatic carbocycles. The van der Waals surface area contributed by atoms with E-state index in [4.69, 9.17) is 0 Å². The van der Waals surface area contributed by atoms with Crippen LogP contribution in [-0.4, -0.2) is 31.3 Å². The summed E-state index contributed by atoms with van der Waals surface area (Å²) >= 11 is 0. The minimum absolute atomic E-state index is 0.163. The van der Waals surface area contributed by atoms with Crippen molar-refractivity contribution in [1.29, 1.82) is 0 Å². The van der Waals surface area contributed by atoms with Crippen molar-refractivity contribution in [3.8, 4) is 0 Å². The van der Waals surface area contributed by atoms with Crippen molar-refractivity contribution in [2.24, 2.45) is 0 Å². The first-order chi connectivity index (χ1) is 6.41. The molecule has 1 atom stereocenters. The molecule has 5 heteroatoms. The zero-order chi connectivity index (χ0) is 10.7. The average molecular weight is 210 g/mol. The second kappa shape index (κ2) is 4.49. The summed E-state index contributed by atoms with van der Waals surface area (Å²) in [5.74, 6) is 0. The first-order valence-corrected chi connectivity index (χ1v) is 4.94. The molecule has 0 bridgehead atoms. The van der Waals surface area contributed by atoms with Crippen molar-refractivity contribution in [2.75, 3.05) is 19.6 Å². The van der Waals surface area contributed by atoms with E-state index in [2.05, 4.69) is 10.6 Å². The van der Waals surface area contributed by atoms with Gasteiger partial charge in [0.25, 0.3) is 0 Å². The molecule has 84 valence electrons. The molecule has 0 aliphatic carbocycles. The van der Waals surface area contributed by atoms with E-state index in [0.717, 1.165) is 25.8 Å². The van der Waals surface area contributed by atoms with Crippen molar-refractivity contribution < 1.29 is 13.2 Å². The van der Waals surface area contributed by atoms with Crippen molar-refractivity contribution >= 4 is 0 Å². The Hall–Kier alpha value is -0.290. The Kier molecular flexibility index (Phi) is 3.78. The maximum absolute atomic E-state index is 11.9. The first kappa shape index (κ1) is 11.8. The Bertz CT molecular complexity index is 173. The highest BCUT2D eigenvalue weighted by molar-refractivity contribution is 4.88. The van der Waals surface area contributed by atoms with Gasteiger partial charge in [-0.2, -0.15) is 13.2 Å². The zero-order valence-corrected chi connectivity index (χ0v) is 8.38. The summed E-state index contributed by atoms with van der Waals surface area (Å²) in [6, 6.07) is 0. The fraction of sp³-hybridized carbons (Fsp3) is 1.00. The van der Waals surface area contributed by atoms with Gasteiger partial charge < -0.3 is 10.6 Å². The number of hydrogen-bond donors (Lipinski definition) is 2. The van der Waals surface area contributed by atoms with Gasteiger partial charge in [-0.1, -0.05) is 6.42 Å². The number of piperidine rings is 1. The first-order valence-electron chi connectivity index (χ1n) is 4.94. The molecule has 1 unspecified atom stereocenters. The second-order valence-electron chi connectivity index (χ2n) is 4.16. The molecule has 1 aliphatic heterocycles. The van der Waals surface area contributed by atoms with Gasteiger partial charge in [0, 0.05) is 12.1 Å². The molecule has 1 saturated heterocycles. The Morgan fingerprint density at radius 2 is 2.07 bits per heavy atom. The molecule has 0 aromatic heterocycles. The Morgan fingerprint density at radius 1 is 1.36 bits per heavy atom. The molecule has 1 fully saturated rings. The van der Waals surface area contributed by atoms with Gasteiger partial charge in [0.15, 0.2) is 0 Å². The highest BCUT2D eigenvalue weighted by atomic mass is 19.4. The molecular weight excluding hydrogens is 193 g/mol. The van der Waals surface area contributed by atoms with E-state index < -0.39 is 12.7 Å². The van der Waals surface area contributed by atoms with Crippen LogP contribution in [0.4, 0.5) is 13.2 Å². The van der Waals surface area contributed by atoms with Crippen LogP contribution in [0.1, 0.15) is 26.2 Å². The SMILES string of the molecule is CC1(CNCC(F)(F)F)CCCCN1. The average Bonchev–Trinajstić information content (AvgIpc) is 2.02. The lowest BCUT2D eigenvalue weighted by molar-refractivity contribution is -0.125. The Labute approximate surface area is 82.2 Å². The van der Waals surface area contributed by atoms with Crippen LogP contribution in [0.5, 0.6) is 0 Å². The lowest BCUT2D eigenvalue weighted by Gasteiger charge is -2.35. The maximum Gasteiger partial charge on any atom is 0.401 e. The van der Waals surface area contributed by atoms with Crippen molar-refractivity contribution in [3.63, 3.8) is 0 Å². The topological polar surface area (TPSA) is 24.1 Å². The molecule has 14 heavy (non-hydrogen) atoms. The summed E-state index contributed by atoms with van der Waals surface area (Å²) in [4.78, 5) is 0. The van der Waals surface area contributed by atoms with Gasteiger partial charge in [0.05, 0.1) is 6.54 Å². The largest absolute Gasteiger partial charge is 0.401 e. The van der Waals surface area contributed by atoms with Gasteiger partial charge in [-0.25, -0.2) is 0 Å². The minimum Gasteiger partial charge on any atom is -0.310 e. The van der Waals surface area contributed by atoms with Crippen LogP contribution in [-0.2, 0) is 0 Å². The molecule has 0 spiro atoms. The van der Waals surface area contributed by atoms with E-state index in [1.54, 1.807) is 0 Å². The third kappa shape index (κ3) is 4.28. The summed E-state index contributed by atoms with van der Waals surface area (Å²) < 4.78 is 35.6. The highest BCUT2D eigenvalue weighted by Crippen LogP contribution is 2.18. The summed E-state index contributed by atoms with van der Waals surface area (Å²) in [6.07, 6.45) is -0.949. The van der Waals surface area contributed by atoms with E-state index in [0.29, 0.717) is 6.54 Å². The molecule has 0 radical (unpaired) electrons. The van der Waals surface area contributed by atoms with Gasteiger partial charge in [-0.15, -0.1) is 0 Å². The monoisotopic (exact) mass is 210 g/mol. The van der Waals surface area contributed by atoms with Crippen LogP contribution in [0.25, 0.3) is 0 Å². The Balaban J connectivity index is 2.22. The van der Waals surface area contributed by atoms with Crippen molar-refractivity contribution in [1.82, 2.24) is 10.6 Å². The van der Waals surface area contributed by atoms with E-state index in [1.165, 1.54) is 0 Å². The van der Waals surface area contributed by atoms with E-state index in [9.17, 15) is 13.2 Å². The molecule has 1 heterocycles. The van der Waals surface area contributed by atoms with E-state index in [1.807, 2.05) is 6.92 Å². The highest BCUT2D eigenvalue weighted by Gasteiger charge is 2.30. The molecule has 2 nitrogen and oxygen atoms in total. The van der Waals surface area contributed by atoms with Gasteiger partial charge in [-0.3, -0.25) is 0 Å².